The molecular formula is C13H28N2O. The number of hydrogen-bond acceptors (Lipinski definition) is 3. The summed E-state index contributed by atoms with van der Waals surface area (Å²) in [5, 5.41) is 0. The van der Waals surface area contributed by atoms with Crippen molar-refractivity contribution >= 4 is 0 Å². The van der Waals surface area contributed by atoms with Gasteiger partial charge in [-0.3, -0.25) is 4.90 Å². The van der Waals surface area contributed by atoms with Crippen molar-refractivity contribution in [2.24, 2.45) is 5.73 Å². The zero-order chi connectivity index (χ0) is 12.0. The fourth-order valence-electron chi connectivity index (χ4n) is 2.43. The zero-order valence-corrected chi connectivity index (χ0v) is 11.1. The van der Waals surface area contributed by atoms with E-state index < -0.39 is 0 Å². The molecule has 0 radical (unpaired) electrons. The average molecular weight is 228 g/mol. The molecule has 0 aromatic carbocycles. The molecule has 0 aromatic heterocycles. The van der Waals surface area contributed by atoms with Gasteiger partial charge in [0.25, 0.3) is 0 Å². The molecule has 0 aliphatic carbocycles. The molecule has 1 heterocycles. The molecule has 0 saturated carbocycles. The monoisotopic (exact) mass is 228 g/mol. The summed E-state index contributed by atoms with van der Waals surface area (Å²) in [6, 6.07) is 0.872. The van der Waals surface area contributed by atoms with Gasteiger partial charge in [0.2, 0.25) is 0 Å². The van der Waals surface area contributed by atoms with Crippen molar-refractivity contribution in [3.63, 3.8) is 0 Å². The highest BCUT2D eigenvalue weighted by atomic mass is 16.5. The van der Waals surface area contributed by atoms with E-state index in [0.29, 0.717) is 0 Å². The molecule has 1 rings (SSSR count). The minimum absolute atomic E-state index is 0.145. The summed E-state index contributed by atoms with van der Waals surface area (Å²) < 4.78 is 5.70. The Morgan fingerprint density at radius 3 is 2.75 bits per heavy atom. The van der Waals surface area contributed by atoms with Gasteiger partial charge in [-0.1, -0.05) is 26.7 Å². The fraction of sp³-hybridized carbons (Fsp3) is 1.00. The fourth-order valence-corrected chi connectivity index (χ4v) is 2.43. The minimum Gasteiger partial charge on any atom is -0.374 e. The van der Waals surface area contributed by atoms with Crippen molar-refractivity contribution in [3.05, 3.63) is 0 Å². The Hall–Kier alpha value is -0.120. The van der Waals surface area contributed by atoms with Crippen LogP contribution < -0.4 is 5.73 Å². The van der Waals surface area contributed by atoms with Crippen LogP contribution >= 0.6 is 0 Å². The Balaban J connectivity index is 2.43. The van der Waals surface area contributed by atoms with Crippen molar-refractivity contribution in [1.29, 1.82) is 0 Å². The van der Waals surface area contributed by atoms with Crippen LogP contribution in [0.5, 0.6) is 0 Å². The molecule has 16 heavy (non-hydrogen) atoms. The van der Waals surface area contributed by atoms with Crippen LogP contribution in [-0.2, 0) is 4.74 Å². The van der Waals surface area contributed by atoms with Crippen molar-refractivity contribution in [3.8, 4) is 0 Å². The van der Waals surface area contributed by atoms with Gasteiger partial charge in [-0.25, -0.2) is 0 Å². The third-order valence-electron chi connectivity index (χ3n) is 3.59. The van der Waals surface area contributed by atoms with E-state index in [1.165, 1.54) is 25.7 Å². The van der Waals surface area contributed by atoms with Crippen LogP contribution in [0.4, 0.5) is 0 Å². The van der Waals surface area contributed by atoms with Crippen molar-refractivity contribution in [2.75, 3.05) is 19.7 Å². The third-order valence-corrected chi connectivity index (χ3v) is 3.59. The quantitative estimate of drug-likeness (QED) is 0.756. The van der Waals surface area contributed by atoms with E-state index >= 15 is 0 Å². The maximum absolute atomic E-state index is 5.92. The summed E-state index contributed by atoms with van der Waals surface area (Å²) in [5.74, 6) is 0. The largest absolute Gasteiger partial charge is 0.374 e. The Morgan fingerprint density at radius 2 is 2.19 bits per heavy atom. The Labute approximate surface area is 100 Å². The molecule has 0 amide bonds. The van der Waals surface area contributed by atoms with E-state index in [1.54, 1.807) is 0 Å². The van der Waals surface area contributed by atoms with Crippen LogP contribution in [0.3, 0.4) is 0 Å². The second-order valence-electron chi connectivity index (χ2n) is 4.97. The third kappa shape index (κ3) is 4.04. The summed E-state index contributed by atoms with van der Waals surface area (Å²) in [4.78, 5) is 2.58. The van der Waals surface area contributed by atoms with Gasteiger partial charge < -0.3 is 10.5 Å². The minimum atomic E-state index is 0.145. The molecule has 1 aliphatic rings. The molecule has 3 unspecified atom stereocenters. The predicted molar refractivity (Wildman–Crippen MR) is 68.6 cm³/mol. The van der Waals surface area contributed by atoms with Crippen LogP contribution in [0.1, 0.15) is 46.5 Å². The number of unbranched alkanes of at least 4 members (excludes halogenated alkanes) is 1. The van der Waals surface area contributed by atoms with Crippen LogP contribution in [0.25, 0.3) is 0 Å². The van der Waals surface area contributed by atoms with E-state index in [1.807, 2.05) is 6.92 Å². The number of morpholine rings is 1. The Kier molecular flexibility index (Phi) is 6.32. The van der Waals surface area contributed by atoms with Crippen molar-refractivity contribution in [2.45, 2.75) is 64.6 Å². The lowest BCUT2D eigenvalue weighted by atomic mass is 10.0. The maximum Gasteiger partial charge on any atom is 0.0850 e. The van der Waals surface area contributed by atoms with Gasteiger partial charge in [-0.15, -0.1) is 0 Å². The normalized spacial score (nSPS) is 26.6. The second-order valence-corrected chi connectivity index (χ2v) is 4.97. The smallest absolute Gasteiger partial charge is 0.0850 e. The van der Waals surface area contributed by atoms with Gasteiger partial charge in [-0.05, 0) is 19.8 Å². The lowest BCUT2D eigenvalue weighted by molar-refractivity contribution is -0.0532. The van der Waals surface area contributed by atoms with E-state index in [0.717, 1.165) is 25.7 Å². The van der Waals surface area contributed by atoms with Gasteiger partial charge in [0.15, 0.2) is 0 Å². The molecule has 1 aliphatic heterocycles. The molecule has 3 nitrogen and oxygen atoms in total. The summed E-state index contributed by atoms with van der Waals surface area (Å²) in [5.41, 5.74) is 5.92. The first-order valence-corrected chi connectivity index (χ1v) is 6.80. The summed E-state index contributed by atoms with van der Waals surface area (Å²) >= 11 is 0. The molecule has 3 atom stereocenters. The van der Waals surface area contributed by atoms with Crippen molar-refractivity contribution < 1.29 is 4.74 Å². The zero-order valence-electron chi connectivity index (χ0n) is 11.1. The van der Waals surface area contributed by atoms with E-state index in [9.17, 15) is 0 Å². The van der Waals surface area contributed by atoms with E-state index in [-0.39, 0.29) is 12.1 Å². The Bertz CT molecular complexity index is 185. The SMILES string of the molecule is CCCCC(CC)N1CCOC(C(C)N)C1. The number of hydrogen-bond donors (Lipinski definition) is 1. The topological polar surface area (TPSA) is 38.5 Å². The lowest BCUT2D eigenvalue weighted by Crippen LogP contribution is -2.52. The molecular weight excluding hydrogens is 200 g/mol. The molecule has 3 heteroatoms. The molecule has 1 fully saturated rings. The molecule has 1 saturated heterocycles. The average Bonchev–Trinajstić information content (AvgIpc) is 2.30. The number of nitrogens with two attached hydrogens (primary N) is 1. The molecule has 96 valence electrons. The first-order valence-electron chi connectivity index (χ1n) is 6.80. The lowest BCUT2D eigenvalue weighted by Gasteiger charge is -2.39. The number of rotatable bonds is 6. The van der Waals surface area contributed by atoms with Crippen LogP contribution in [0.15, 0.2) is 0 Å². The van der Waals surface area contributed by atoms with Gasteiger partial charge in [0.05, 0.1) is 12.7 Å². The first kappa shape index (κ1) is 13.9. The summed E-state index contributed by atoms with van der Waals surface area (Å²) in [7, 11) is 0. The highest BCUT2D eigenvalue weighted by molar-refractivity contribution is 4.81. The van der Waals surface area contributed by atoms with Crippen LogP contribution in [-0.4, -0.2) is 42.8 Å². The summed E-state index contributed by atoms with van der Waals surface area (Å²) in [6.07, 6.45) is 5.41. The number of ether oxygens (including phenoxy) is 1. The van der Waals surface area contributed by atoms with Gasteiger partial charge in [0, 0.05) is 25.2 Å². The van der Waals surface area contributed by atoms with Crippen molar-refractivity contribution in [1.82, 2.24) is 4.90 Å². The number of nitrogens with zero attached hydrogens (tertiary/aromatic N) is 1. The molecule has 0 spiro atoms. The van der Waals surface area contributed by atoms with Gasteiger partial charge >= 0.3 is 0 Å². The molecule has 0 aromatic rings. The Morgan fingerprint density at radius 1 is 1.44 bits per heavy atom. The molecule has 2 N–H and O–H groups in total. The second kappa shape index (κ2) is 7.25. The molecule has 0 bridgehead atoms. The van der Waals surface area contributed by atoms with Gasteiger partial charge in [-0.2, -0.15) is 0 Å². The van der Waals surface area contributed by atoms with Gasteiger partial charge in [0.1, 0.15) is 0 Å². The highest BCUT2D eigenvalue weighted by Gasteiger charge is 2.26. The highest BCUT2D eigenvalue weighted by Crippen LogP contribution is 2.17. The first-order chi connectivity index (χ1) is 7.69. The maximum atomic E-state index is 5.92. The predicted octanol–water partition coefficient (Wildman–Crippen LogP) is 2.00. The van der Waals surface area contributed by atoms with E-state index in [4.69, 9.17) is 10.5 Å². The van der Waals surface area contributed by atoms with E-state index in [2.05, 4.69) is 18.7 Å². The standard InChI is InChI=1S/C13H28N2O/c1-4-6-7-12(5-2)15-8-9-16-13(10-15)11(3)14/h11-13H,4-10,14H2,1-3H3. The van der Waals surface area contributed by atoms with Crippen LogP contribution in [0, 0.1) is 0 Å². The summed E-state index contributed by atoms with van der Waals surface area (Å²) in [6.45, 7) is 9.52. The van der Waals surface area contributed by atoms with Crippen LogP contribution in [0.2, 0.25) is 0 Å².